The van der Waals surface area contributed by atoms with Crippen molar-refractivity contribution in [3.8, 4) is 11.5 Å². The fourth-order valence-corrected chi connectivity index (χ4v) is 5.22. The predicted octanol–water partition coefficient (Wildman–Crippen LogP) is 5.25. The quantitative estimate of drug-likeness (QED) is 0.249. The Kier molecular flexibility index (Phi) is 8.91. The topological polar surface area (TPSA) is 92.1 Å². The van der Waals surface area contributed by atoms with Crippen LogP contribution in [0.15, 0.2) is 36.5 Å². The summed E-state index contributed by atoms with van der Waals surface area (Å²) in [5.74, 6) is -5.44. The van der Waals surface area contributed by atoms with E-state index in [2.05, 4.69) is 4.98 Å². The van der Waals surface area contributed by atoms with E-state index in [4.69, 9.17) is 9.47 Å². The Morgan fingerprint density at radius 1 is 1.08 bits per heavy atom. The molecule has 0 radical (unpaired) electrons. The number of fused-ring (bicyclic) bond motifs is 1. The van der Waals surface area contributed by atoms with Gasteiger partial charge < -0.3 is 19.7 Å². The molecule has 0 bridgehead atoms. The third kappa shape index (κ3) is 6.77. The number of aliphatic hydroxyl groups is 1. The molecular formula is C28H30F4N2O5. The van der Waals surface area contributed by atoms with Crippen LogP contribution in [0.2, 0.25) is 0 Å². The van der Waals surface area contributed by atoms with E-state index in [0.29, 0.717) is 55.5 Å². The van der Waals surface area contributed by atoms with Gasteiger partial charge in [-0.3, -0.25) is 14.7 Å². The van der Waals surface area contributed by atoms with Gasteiger partial charge in [0, 0.05) is 29.6 Å². The number of hydrogen-bond donors (Lipinski definition) is 2. The van der Waals surface area contributed by atoms with Crippen LogP contribution in [-0.4, -0.2) is 59.4 Å². The summed E-state index contributed by atoms with van der Waals surface area (Å²) in [4.78, 5) is 17.8. The zero-order chi connectivity index (χ0) is 28.2. The van der Waals surface area contributed by atoms with Crippen molar-refractivity contribution in [1.29, 1.82) is 0 Å². The number of benzene rings is 2. The lowest BCUT2D eigenvalue weighted by Gasteiger charge is -2.41. The fourth-order valence-electron chi connectivity index (χ4n) is 5.22. The fraction of sp³-hybridized carbons (Fsp3) is 0.429. The maximum Gasteiger partial charge on any atom is 0.303 e. The summed E-state index contributed by atoms with van der Waals surface area (Å²) in [6.07, 6.45) is 1.38. The molecule has 0 amide bonds. The number of ether oxygens (including phenoxy) is 2. The molecule has 210 valence electrons. The molecule has 0 spiro atoms. The average molecular weight is 551 g/mol. The van der Waals surface area contributed by atoms with Gasteiger partial charge in [0.05, 0.1) is 31.3 Å². The standard InChI is InChI=1S/C28H30F4N2O5/c1-38-17-2-3-23-19(12-17)26(22(31)16-33-23)24(35)4-5-28(15-25(36)37)6-8-34(9-7-28)10-11-39-18-13-20(29)27(32)21(30)14-18/h2-3,12-14,16,24,35H,4-11,15H2,1H3,(H,36,37)/t24-/m1/s1. The molecule has 1 atom stereocenters. The molecule has 1 saturated heterocycles. The first kappa shape index (κ1) is 28.6. The molecule has 1 fully saturated rings. The van der Waals surface area contributed by atoms with Gasteiger partial charge in [0.2, 0.25) is 0 Å². The third-order valence-electron chi connectivity index (χ3n) is 7.43. The summed E-state index contributed by atoms with van der Waals surface area (Å²) in [6, 6.07) is 6.55. The first-order valence-corrected chi connectivity index (χ1v) is 12.6. The number of aromatic nitrogens is 1. The van der Waals surface area contributed by atoms with E-state index in [0.717, 1.165) is 18.3 Å². The van der Waals surface area contributed by atoms with E-state index in [-0.39, 0.29) is 30.8 Å². The van der Waals surface area contributed by atoms with Crippen LogP contribution in [0.4, 0.5) is 17.6 Å². The lowest BCUT2D eigenvalue weighted by Crippen LogP contribution is -2.42. The van der Waals surface area contributed by atoms with Crippen molar-refractivity contribution >= 4 is 16.9 Å². The Bertz CT molecular complexity index is 1310. The van der Waals surface area contributed by atoms with Gasteiger partial charge in [0.15, 0.2) is 17.5 Å². The van der Waals surface area contributed by atoms with Crippen LogP contribution < -0.4 is 9.47 Å². The van der Waals surface area contributed by atoms with E-state index in [9.17, 15) is 32.6 Å². The first-order chi connectivity index (χ1) is 18.6. The SMILES string of the molecule is COc1ccc2ncc(F)c([C@H](O)CCC3(CC(=O)O)CCN(CCOc4cc(F)c(F)c(F)c4)CC3)c2c1. The highest BCUT2D eigenvalue weighted by atomic mass is 19.2. The van der Waals surface area contributed by atoms with Gasteiger partial charge in [0.1, 0.15) is 23.9 Å². The minimum atomic E-state index is -1.56. The van der Waals surface area contributed by atoms with Gasteiger partial charge in [-0.2, -0.15) is 0 Å². The molecule has 2 aromatic carbocycles. The number of halogens is 4. The van der Waals surface area contributed by atoms with Crippen LogP contribution in [-0.2, 0) is 4.79 Å². The lowest BCUT2D eigenvalue weighted by molar-refractivity contribution is -0.141. The van der Waals surface area contributed by atoms with Crippen molar-refractivity contribution in [3.63, 3.8) is 0 Å². The van der Waals surface area contributed by atoms with Gasteiger partial charge in [-0.15, -0.1) is 0 Å². The molecule has 0 unspecified atom stereocenters. The number of carbonyl (C=O) groups is 1. The van der Waals surface area contributed by atoms with Crippen molar-refractivity contribution in [2.24, 2.45) is 5.41 Å². The number of pyridine rings is 1. The minimum absolute atomic E-state index is 0.0917. The molecule has 11 heteroatoms. The van der Waals surface area contributed by atoms with Gasteiger partial charge >= 0.3 is 5.97 Å². The lowest BCUT2D eigenvalue weighted by atomic mass is 9.71. The number of nitrogens with zero attached hydrogens (tertiary/aromatic N) is 2. The summed E-state index contributed by atoms with van der Waals surface area (Å²) < 4.78 is 65.3. The van der Waals surface area contributed by atoms with Crippen LogP contribution in [0.5, 0.6) is 11.5 Å². The summed E-state index contributed by atoms with van der Waals surface area (Å²) in [7, 11) is 1.49. The van der Waals surface area contributed by atoms with Crippen LogP contribution in [0.25, 0.3) is 10.9 Å². The van der Waals surface area contributed by atoms with Gasteiger partial charge in [-0.1, -0.05) is 0 Å². The summed E-state index contributed by atoms with van der Waals surface area (Å²) in [5, 5.41) is 21.0. The average Bonchev–Trinajstić information content (AvgIpc) is 2.90. The number of hydrogen-bond acceptors (Lipinski definition) is 6. The second kappa shape index (κ2) is 12.2. The van der Waals surface area contributed by atoms with Crippen LogP contribution in [0, 0.1) is 28.7 Å². The Balaban J connectivity index is 1.38. The highest BCUT2D eigenvalue weighted by Crippen LogP contribution is 2.42. The largest absolute Gasteiger partial charge is 0.497 e. The number of rotatable bonds is 11. The second-order valence-electron chi connectivity index (χ2n) is 9.92. The minimum Gasteiger partial charge on any atom is -0.497 e. The van der Waals surface area contributed by atoms with E-state index in [1.165, 1.54) is 7.11 Å². The molecule has 2 heterocycles. The summed E-state index contributed by atoms with van der Waals surface area (Å²) in [6.45, 7) is 1.61. The number of carboxylic acids is 1. The molecule has 4 rings (SSSR count). The molecular weight excluding hydrogens is 520 g/mol. The van der Waals surface area contributed by atoms with E-state index in [1.807, 2.05) is 4.90 Å². The molecule has 1 aliphatic rings. The smallest absolute Gasteiger partial charge is 0.303 e. The van der Waals surface area contributed by atoms with Gasteiger partial charge in [0.25, 0.3) is 0 Å². The first-order valence-electron chi connectivity index (χ1n) is 12.6. The van der Waals surface area contributed by atoms with E-state index >= 15 is 0 Å². The van der Waals surface area contributed by atoms with E-state index in [1.54, 1.807) is 18.2 Å². The van der Waals surface area contributed by atoms with Gasteiger partial charge in [-0.05, 0) is 62.4 Å². The third-order valence-corrected chi connectivity index (χ3v) is 7.43. The van der Waals surface area contributed by atoms with Crippen LogP contribution >= 0.6 is 0 Å². The monoisotopic (exact) mass is 550 g/mol. The number of methoxy groups -OCH3 is 1. The summed E-state index contributed by atoms with van der Waals surface area (Å²) >= 11 is 0. The Morgan fingerprint density at radius 2 is 1.77 bits per heavy atom. The van der Waals surface area contributed by atoms with Crippen molar-refractivity contribution in [2.75, 3.05) is 33.4 Å². The van der Waals surface area contributed by atoms with E-state index < -0.39 is 40.8 Å². The predicted molar refractivity (Wildman–Crippen MR) is 135 cm³/mol. The number of aliphatic hydroxyl groups excluding tert-OH is 1. The zero-order valence-corrected chi connectivity index (χ0v) is 21.4. The van der Waals surface area contributed by atoms with Crippen molar-refractivity contribution < 1.29 is 42.0 Å². The number of piperidine rings is 1. The van der Waals surface area contributed by atoms with Crippen molar-refractivity contribution in [1.82, 2.24) is 9.88 Å². The Morgan fingerprint density at radius 3 is 2.41 bits per heavy atom. The molecule has 39 heavy (non-hydrogen) atoms. The molecule has 0 saturated carbocycles. The zero-order valence-electron chi connectivity index (χ0n) is 21.4. The molecule has 1 aliphatic heterocycles. The Hall–Kier alpha value is -3.44. The molecule has 3 aromatic rings. The maximum atomic E-state index is 14.8. The molecule has 7 nitrogen and oxygen atoms in total. The highest BCUT2D eigenvalue weighted by Gasteiger charge is 2.37. The number of carboxylic acid groups (broad SMARTS) is 1. The highest BCUT2D eigenvalue weighted by molar-refractivity contribution is 5.84. The van der Waals surface area contributed by atoms with Crippen LogP contribution in [0.3, 0.4) is 0 Å². The summed E-state index contributed by atoms with van der Waals surface area (Å²) in [5.41, 5.74) is 0.0189. The second-order valence-corrected chi connectivity index (χ2v) is 9.92. The van der Waals surface area contributed by atoms with Crippen molar-refractivity contribution in [2.45, 2.75) is 38.2 Å². The van der Waals surface area contributed by atoms with Crippen LogP contribution in [0.1, 0.15) is 43.8 Å². The number of likely N-dealkylation sites (tertiary alicyclic amines) is 1. The molecule has 1 aromatic heterocycles. The van der Waals surface area contributed by atoms with Gasteiger partial charge in [-0.25, -0.2) is 17.6 Å². The maximum absolute atomic E-state index is 14.8. The molecule has 0 aliphatic carbocycles. The number of aliphatic carboxylic acids is 1. The molecule has 2 N–H and O–H groups in total. The normalized spacial score (nSPS) is 16.3. The van der Waals surface area contributed by atoms with Crippen molar-refractivity contribution in [3.05, 3.63) is 65.4 Å². The Labute approximate surface area is 223 Å².